The number of amides is 1. The summed E-state index contributed by atoms with van der Waals surface area (Å²) in [7, 11) is 1.97. The lowest BCUT2D eigenvalue weighted by Crippen LogP contribution is -2.41. The highest BCUT2D eigenvalue weighted by Gasteiger charge is 2.22. The second kappa shape index (κ2) is 6.48. The van der Waals surface area contributed by atoms with Crippen LogP contribution in [0, 0.1) is 5.82 Å². The first-order valence-corrected chi connectivity index (χ1v) is 7.32. The number of nitrogens with one attached hydrogen (secondary N) is 2. The molecule has 1 aliphatic carbocycles. The van der Waals surface area contributed by atoms with E-state index in [0.29, 0.717) is 16.1 Å². The summed E-state index contributed by atoms with van der Waals surface area (Å²) in [6.07, 6.45) is 4.05. The maximum Gasteiger partial charge on any atom is 0.252 e. The van der Waals surface area contributed by atoms with Crippen LogP contribution < -0.4 is 10.6 Å². The van der Waals surface area contributed by atoms with Crippen LogP contribution in [0.15, 0.2) is 22.7 Å². The highest BCUT2D eigenvalue weighted by molar-refractivity contribution is 9.10. The lowest BCUT2D eigenvalue weighted by Gasteiger charge is -2.28. The molecule has 0 radical (unpaired) electrons. The second-order valence-corrected chi connectivity index (χ2v) is 5.79. The third kappa shape index (κ3) is 3.76. The fraction of sp³-hybridized carbons (Fsp3) is 0.500. The van der Waals surface area contributed by atoms with Gasteiger partial charge in [-0.05, 0) is 66.9 Å². The van der Waals surface area contributed by atoms with E-state index in [4.69, 9.17) is 0 Å². The molecule has 1 aliphatic rings. The topological polar surface area (TPSA) is 41.1 Å². The average Bonchev–Trinajstić information content (AvgIpc) is 2.42. The summed E-state index contributed by atoms with van der Waals surface area (Å²) in [6, 6.07) is 4.89. The zero-order valence-electron chi connectivity index (χ0n) is 10.9. The van der Waals surface area contributed by atoms with Crippen molar-refractivity contribution < 1.29 is 9.18 Å². The molecule has 104 valence electrons. The van der Waals surface area contributed by atoms with Crippen molar-refractivity contribution >= 4 is 21.8 Å². The van der Waals surface area contributed by atoms with Gasteiger partial charge in [0, 0.05) is 16.6 Å². The minimum absolute atomic E-state index is 0.187. The van der Waals surface area contributed by atoms with Gasteiger partial charge in [-0.2, -0.15) is 0 Å². The van der Waals surface area contributed by atoms with Gasteiger partial charge in [0.05, 0.1) is 5.56 Å². The lowest BCUT2D eigenvalue weighted by atomic mass is 9.91. The molecule has 1 aromatic rings. The molecule has 0 bridgehead atoms. The predicted molar refractivity (Wildman–Crippen MR) is 76.7 cm³/mol. The summed E-state index contributed by atoms with van der Waals surface area (Å²) in [4.78, 5) is 12.1. The van der Waals surface area contributed by atoms with Gasteiger partial charge in [0.15, 0.2) is 0 Å². The van der Waals surface area contributed by atoms with Crippen LogP contribution in [0.5, 0.6) is 0 Å². The molecular weight excluding hydrogens is 311 g/mol. The normalized spacial score (nSPS) is 23.1. The Bertz CT molecular complexity index is 459. The molecule has 0 saturated heterocycles. The molecule has 1 amide bonds. The zero-order chi connectivity index (χ0) is 13.8. The maximum absolute atomic E-state index is 13.2. The van der Waals surface area contributed by atoms with Gasteiger partial charge in [0.2, 0.25) is 0 Å². The highest BCUT2D eigenvalue weighted by atomic mass is 79.9. The molecule has 1 fully saturated rings. The van der Waals surface area contributed by atoms with Gasteiger partial charge in [-0.15, -0.1) is 0 Å². The van der Waals surface area contributed by atoms with E-state index in [2.05, 4.69) is 26.6 Å². The van der Waals surface area contributed by atoms with Crippen molar-refractivity contribution in [3.8, 4) is 0 Å². The molecule has 2 N–H and O–H groups in total. The van der Waals surface area contributed by atoms with E-state index in [0.717, 1.165) is 25.7 Å². The summed E-state index contributed by atoms with van der Waals surface area (Å²) in [5, 5.41) is 6.24. The average molecular weight is 329 g/mol. The van der Waals surface area contributed by atoms with E-state index in [-0.39, 0.29) is 11.9 Å². The zero-order valence-corrected chi connectivity index (χ0v) is 12.5. The number of carbonyl (C=O) groups excluding carboxylic acids is 1. The van der Waals surface area contributed by atoms with Gasteiger partial charge < -0.3 is 10.6 Å². The molecule has 0 atom stereocenters. The van der Waals surface area contributed by atoms with Crippen LogP contribution in [0.25, 0.3) is 0 Å². The lowest BCUT2D eigenvalue weighted by molar-refractivity contribution is 0.0923. The van der Waals surface area contributed by atoms with E-state index in [1.165, 1.54) is 12.1 Å². The van der Waals surface area contributed by atoms with Crippen LogP contribution >= 0.6 is 15.9 Å². The summed E-state index contributed by atoms with van der Waals surface area (Å²) in [6.45, 7) is 0. The smallest absolute Gasteiger partial charge is 0.252 e. The number of hydrogen-bond donors (Lipinski definition) is 2. The van der Waals surface area contributed by atoms with E-state index in [9.17, 15) is 9.18 Å². The van der Waals surface area contributed by atoms with Crippen LogP contribution in [0.4, 0.5) is 4.39 Å². The van der Waals surface area contributed by atoms with Gasteiger partial charge in [0.25, 0.3) is 5.91 Å². The van der Waals surface area contributed by atoms with Crippen LogP contribution in [0.3, 0.4) is 0 Å². The third-order valence-electron chi connectivity index (χ3n) is 3.64. The molecule has 0 aliphatic heterocycles. The Kier molecular flexibility index (Phi) is 4.93. The Morgan fingerprint density at radius 1 is 1.26 bits per heavy atom. The molecule has 0 unspecified atom stereocenters. The second-order valence-electron chi connectivity index (χ2n) is 4.93. The minimum atomic E-state index is -0.396. The molecule has 5 heteroatoms. The van der Waals surface area contributed by atoms with Crippen molar-refractivity contribution in [3.05, 3.63) is 34.1 Å². The van der Waals surface area contributed by atoms with Crippen LogP contribution in [0.1, 0.15) is 36.0 Å². The van der Waals surface area contributed by atoms with Crippen molar-refractivity contribution in [2.75, 3.05) is 7.05 Å². The largest absolute Gasteiger partial charge is 0.349 e. The van der Waals surface area contributed by atoms with Crippen LogP contribution in [0.2, 0.25) is 0 Å². The summed E-state index contributed by atoms with van der Waals surface area (Å²) in [5.74, 6) is -0.605. The van der Waals surface area contributed by atoms with Crippen molar-refractivity contribution in [1.29, 1.82) is 0 Å². The Balaban J connectivity index is 1.96. The molecule has 0 spiro atoms. The first kappa shape index (κ1) is 14.5. The standard InChI is InChI=1S/C14H18BrFN2O/c1-17-10-3-5-11(6-4-10)18-14(19)12-8-9(16)2-7-13(12)15/h2,7-8,10-11,17H,3-6H2,1H3,(H,18,19). The Morgan fingerprint density at radius 3 is 2.53 bits per heavy atom. The Morgan fingerprint density at radius 2 is 1.89 bits per heavy atom. The summed E-state index contributed by atoms with van der Waals surface area (Å²) in [5.41, 5.74) is 0.357. The molecule has 1 aromatic carbocycles. The third-order valence-corrected chi connectivity index (χ3v) is 4.34. The Hall–Kier alpha value is -0.940. The van der Waals surface area contributed by atoms with E-state index in [1.54, 1.807) is 6.07 Å². The van der Waals surface area contributed by atoms with E-state index >= 15 is 0 Å². The fourth-order valence-electron chi connectivity index (χ4n) is 2.46. The molecule has 0 aromatic heterocycles. The van der Waals surface area contributed by atoms with Crippen LogP contribution in [-0.4, -0.2) is 25.0 Å². The number of rotatable bonds is 3. The van der Waals surface area contributed by atoms with Crippen LogP contribution in [-0.2, 0) is 0 Å². The fourth-order valence-corrected chi connectivity index (χ4v) is 2.89. The van der Waals surface area contributed by atoms with Gasteiger partial charge in [-0.3, -0.25) is 4.79 Å². The van der Waals surface area contributed by atoms with Gasteiger partial charge >= 0.3 is 0 Å². The first-order chi connectivity index (χ1) is 9.10. The van der Waals surface area contributed by atoms with Gasteiger partial charge in [-0.25, -0.2) is 4.39 Å². The van der Waals surface area contributed by atoms with Crippen molar-refractivity contribution in [3.63, 3.8) is 0 Å². The SMILES string of the molecule is CNC1CCC(NC(=O)c2cc(F)ccc2Br)CC1. The van der Waals surface area contributed by atoms with Crippen molar-refractivity contribution in [2.24, 2.45) is 0 Å². The molecule has 3 nitrogen and oxygen atoms in total. The quantitative estimate of drug-likeness (QED) is 0.895. The molecule has 1 saturated carbocycles. The molecule has 19 heavy (non-hydrogen) atoms. The predicted octanol–water partition coefficient (Wildman–Crippen LogP) is 2.85. The van der Waals surface area contributed by atoms with Crippen molar-refractivity contribution in [2.45, 2.75) is 37.8 Å². The summed E-state index contributed by atoms with van der Waals surface area (Å²) < 4.78 is 13.8. The monoisotopic (exact) mass is 328 g/mol. The number of carbonyl (C=O) groups is 1. The highest BCUT2D eigenvalue weighted by Crippen LogP contribution is 2.21. The maximum atomic E-state index is 13.2. The summed E-state index contributed by atoms with van der Waals surface area (Å²) >= 11 is 3.28. The van der Waals surface area contributed by atoms with E-state index < -0.39 is 5.82 Å². The molecule has 0 heterocycles. The van der Waals surface area contributed by atoms with E-state index in [1.807, 2.05) is 7.05 Å². The number of benzene rings is 1. The molecular formula is C14H18BrFN2O. The van der Waals surface area contributed by atoms with Gasteiger partial charge in [0.1, 0.15) is 5.82 Å². The first-order valence-electron chi connectivity index (χ1n) is 6.53. The van der Waals surface area contributed by atoms with Crippen molar-refractivity contribution in [1.82, 2.24) is 10.6 Å². The van der Waals surface area contributed by atoms with Gasteiger partial charge in [-0.1, -0.05) is 0 Å². The Labute approximate surface area is 121 Å². The molecule has 2 rings (SSSR count). The minimum Gasteiger partial charge on any atom is -0.349 e. The number of hydrogen-bond acceptors (Lipinski definition) is 2. The number of halogens is 2.